The minimum absolute atomic E-state index is 1.18. The molecule has 0 aromatic heterocycles. The predicted octanol–water partition coefficient (Wildman–Crippen LogP) is 6.10. The van der Waals surface area contributed by atoms with Gasteiger partial charge in [0.05, 0.1) is 18.5 Å². The number of hydrogen-bond donors (Lipinski definition) is 0. The monoisotopic (exact) mass is 350 g/mol. The number of nitrogens with zero attached hydrogens (tertiary/aromatic N) is 3. The Kier molecular flexibility index (Phi) is 11.5. The second-order valence-corrected chi connectivity index (χ2v) is 14.6. The molecule has 0 saturated carbocycles. The molecule has 0 N–H and O–H groups in total. The summed E-state index contributed by atoms with van der Waals surface area (Å²) in [6.45, 7) is 9.35. The summed E-state index contributed by atoms with van der Waals surface area (Å²) >= 11 is 0. The number of hydrogen-bond acceptors (Lipinski definition) is 1. The standard InChI is InChI=1S/C17H42N3P2/c1-9-12-15-22(16-13-10-2,17-14-11-3)18-21(8,19(4)5)20(6)7/h9-17H2,1-8H3/q+1. The predicted molar refractivity (Wildman–Crippen MR) is 109 cm³/mol. The lowest BCUT2D eigenvalue weighted by molar-refractivity contribution is 0.567. The molecule has 3 nitrogen and oxygen atoms in total. The van der Waals surface area contributed by atoms with Gasteiger partial charge >= 0.3 is 0 Å². The summed E-state index contributed by atoms with van der Waals surface area (Å²) in [6.07, 6.45) is 12.1. The van der Waals surface area contributed by atoms with E-state index in [9.17, 15) is 0 Å². The van der Waals surface area contributed by atoms with Crippen LogP contribution in [0, 0.1) is 0 Å². The zero-order valence-electron chi connectivity index (χ0n) is 16.6. The van der Waals surface area contributed by atoms with Crippen molar-refractivity contribution in [3.8, 4) is 0 Å². The number of rotatable bonds is 12. The third-order valence-corrected chi connectivity index (χ3v) is 14.0. The minimum Gasteiger partial charge on any atom is -0.261 e. The topological polar surface area (TPSA) is 18.8 Å². The molecule has 0 rings (SSSR count). The molecule has 22 heavy (non-hydrogen) atoms. The first-order chi connectivity index (χ1) is 10.3. The van der Waals surface area contributed by atoms with Gasteiger partial charge in [0.25, 0.3) is 0 Å². The molecule has 0 spiro atoms. The lowest BCUT2D eigenvalue weighted by atomic mass is 10.4. The summed E-state index contributed by atoms with van der Waals surface area (Å²) in [6, 6.07) is 0. The van der Waals surface area contributed by atoms with Crippen molar-refractivity contribution >= 4 is 14.8 Å². The van der Waals surface area contributed by atoms with E-state index in [2.05, 4.69) is 65.0 Å². The van der Waals surface area contributed by atoms with E-state index < -0.39 is 14.8 Å². The van der Waals surface area contributed by atoms with Crippen molar-refractivity contribution in [2.24, 2.45) is 4.52 Å². The Bertz CT molecular complexity index is 307. The highest BCUT2D eigenvalue weighted by Gasteiger charge is 2.39. The molecule has 0 aliphatic carbocycles. The maximum absolute atomic E-state index is 5.73. The summed E-state index contributed by atoms with van der Waals surface area (Å²) in [4.78, 5) is 0. The van der Waals surface area contributed by atoms with Crippen molar-refractivity contribution in [1.82, 2.24) is 9.34 Å². The first kappa shape index (κ1) is 22.6. The normalized spacial score (nSPS) is 13.2. The van der Waals surface area contributed by atoms with Gasteiger partial charge in [-0.1, -0.05) is 40.0 Å². The van der Waals surface area contributed by atoms with E-state index in [1.54, 1.807) is 0 Å². The van der Waals surface area contributed by atoms with Gasteiger partial charge in [0.2, 0.25) is 0 Å². The molecule has 0 heterocycles. The van der Waals surface area contributed by atoms with E-state index in [0.29, 0.717) is 0 Å². The zero-order valence-corrected chi connectivity index (χ0v) is 18.4. The summed E-state index contributed by atoms with van der Waals surface area (Å²) in [5.74, 6) is 0. The maximum Gasteiger partial charge on any atom is 0.136 e. The van der Waals surface area contributed by atoms with Crippen LogP contribution in [0.4, 0.5) is 0 Å². The Hall–Kier alpha value is 0.580. The van der Waals surface area contributed by atoms with Gasteiger partial charge in [-0.25, -0.2) is 0 Å². The third-order valence-electron chi connectivity index (χ3n) is 4.66. The van der Waals surface area contributed by atoms with Gasteiger partial charge in [0.1, 0.15) is 14.8 Å². The first-order valence-corrected chi connectivity index (χ1v) is 13.5. The first-order valence-electron chi connectivity index (χ1n) is 9.11. The van der Waals surface area contributed by atoms with Gasteiger partial charge < -0.3 is 0 Å². The average molecular weight is 350 g/mol. The molecule has 0 unspecified atom stereocenters. The van der Waals surface area contributed by atoms with Gasteiger partial charge in [0.15, 0.2) is 0 Å². The van der Waals surface area contributed by atoms with E-state index in [-0.39, 0.29) is 0 Å². The molecule has 0 radical (unpaired) electrons. The van der Waals surface area contributed by atoms with Crippen LogP contribution in [0.2, 0.25) is 0 Å². The van der Waals surface area contributed by atoms with Crippen LogP contribution in [-0.2, 0) is 0 Å². The van der Waals surface area contributed by atoms with Gasteiger partial charge in [-0.15, -0.1) is 4.52 Å². The van der Waals surface area contributed by atoms with Crippen LogP contribution < -0.4 is 0 Å². The summed E-state index contributed by atoms with van der Waals surface area (Å²) < 4.78 is 10.5. The van der Waals surface area contributed by atoms with Crippen LogP contribution in [0.25, 0.3) is 0 Å². The molecule has 0 fully saturated rings. The Labute approximate surface area is 141 Å². The fraction of sp³-hybridized carbons (Fsp3) is 1.00. The van der Waals surface area contributed by atoms with Crippen molar-refractivity contribution in [3.05, 3.63) is 0 Å². The van der Waals surface area contributed by atoms with Crippen molar-refractivity contribution in [2.45, 2.75) is 59.3 Å². The van der Waals surface area contributed by atoms with Crippen molar-refractivity contribution in [1.29, 1.82) is 0 Å². The molecular formula is C17H42N3P2+. The second-order valence-electron chi connectivity index (χ2n) is 6.98. The average Bonchev–Trinajstić information content (AvgIpc) is 2.48. The van der Waals surface area contributed by atoms with Crippen molar-refractivity contribution < 1.29 is 0 Å². The van der Waals surface area contributed by atoms with E-state index in [0.717, 1.165) is 0 Å². The summed E-state index contributed by atoms with van der Waals surface area (Å²) in [5.41, 5.74) is 0. The molecule has 0 aliphatic rings. The SMILES string of the molecule is CCCC[P+](CCCC)(CCCC)N=P(C)(N(C)C)N(C)C. The molecule has 0 saturated heterocycles. The lowest BCUT2D eigenvalue weighted by Gasteiger charge is -2.35. The van der Waals surface area contributed by atoms with Crippen LogP contribution >= 0.6 is 14.8 Å². The van der Waals surface area contributed by atoms with Crippen molar-refractivity contribution in [2.75, 3.05) is 53.3 Å². The highest BCUT2D eigenvalue weighted by atomic mass is 31.2. The Morgan fingerprint density at radius 1 is 0.727 bits per heavy atom. The quantitative estimate of drug-likeness (QED) is 0.396. The van der Waals surface area contributed by atoms with E-state index in [1.165, 1.54) is 57.0 Å². The highest BCUT2D eigenvalue weighted by Crippen LogP contribution is 2.70. The van der Waals surface area contributed by atoms with Crippen LogP contribution in [0.15, 0.2) is 4.52 Å². The summed E-state index contributed by atoms with van der Waals surface area (Å²) in [7, 11) is 6.16. The largest absolute Gasteiger partial charge is 0.261 e. The minimum atomic E-state index is -1.51. The van der Waals surface area contributed by atoms with Crippen LogP contribution in [0.5, 0.6) is 0 Å². The second kappa shape index (κ2) is 11.2. The molecule has 134 valence electrons. The van der Waals surface area contributed by atoms with Crippen molar-refractivity contribution in [3.63, 3.8) is 0 Å². The van der Waals surface area contributed by atoms with Gasteiger partial charge in [0, 0.05) is 6.66 Å². The van der Waals surface area contributed by atoms with Gasteiger partial charge in [-0.2, -0.15) is 0 Å². The Balaban J connectivity index is 5.73. The molecule has 0 atom stereocenters. The van der Waals surface area contributed by atoms with E-state index in [4.69, 9.17) is 4.52 Å². The highest BCUT2D eigenvalue weighted by molar-refractivity contribution is 7.80. The lowest BCUT2D eigenvalue weighted by Crippen LogP contribution is -2.21. The molecule has 0 aromatic carbocycles. The van der Waals surface area contributed by atoms with Gasteiger partial charge in [-0.3, -0.25) is 9.34 Å². The van der Waals surface area contributed by atoms with E-state index >= 15 is 0 Å². The van der Waals surface area contributed by atoms with Crippen LogP contribution in [0.1, 0.15) is 59.3 Å². The molecule has 0 amide bonds. The Morgan fingerprint density at radius 3 is 1.27 bits per heavy atom. The third kappa shape index (κ3) is 7.00. The van der Waals surface area contributed by atoms with E-state index in [1.807, 2.05) is 0 Å². The molecule has 0 aromatic rings. The molecular weight excluding hydrogens is 308 g/mol. The zero-order chi connectivity index (χ0) is 17.2. The molecule has 5 heteroatoms. The maximum atomic E-state index is 5.73. The van der Waals surface area contributed by atoms with Crippen LogP contribution in [0.3, 0.4) is 0 Å². The smallest absolute Gasteiger partial charge is 0.136 e. The Morgan fingerprint density at radius 2 is 1.05 bits per heavy atom. The molecule has 0 aliphatic heterocycles. The fourth-order valence-electron chi connectivity index (χ4n) is 2.70. The fourth-order valence-corrected chi connectivity index (χ4v) is 12.0. The van der Waals surface area contributed by atoms with Crippen LogP contribution in [-0.4, -0.2) is 62.7 Å². The number of unbranched alkanes of at least 4 members (excludes halogenated alkanes) is 3. The summed E-state index contributed by atoms with van der Waals surface area (Å²) in [5, 5.41) is 0. The van der Waals surface area contributed by atoms with Gasteiger partial charge in [-0.05, 0) is 47.5 Å². The molecule has 0 bridgehead atoms.